The molecule has 0 aliphatic carbocycles. The lowest BCUT2D eigenvalue weighted by molar-refractivity contribution is 0.483. The van der Waals surface area contributed by atoms with Crippen LogP contribution in [-0.4, -0.2) is 22.9 Å². The molecule has 124 valence electrons. The highest BCUT2D eigenvalue weighted by molar-refractivity contribution is 7.92. The van der Waals surface area contributed by atoms with E-state index in [1.807, 2.05) is 13.0 Å². The zero-order valence-electron chi connectivity index (χ0n) is 12.7. The summed E-state index contributed by atoms with van der Waals surface area (Å²) in [5.74, 6) is 0.219. The van der Waals surface area contributed by atoms with Crippen molar-refractivity contribution in [3.05, 3.63) is 72.8 Å². The zero-order valence-corrected chi connectivity index (χ0v) is 14.3. The Kier molecular flexibility index (Phi) is 6.68. The number of nitrogens with one attached hydrogen (secondary N) is 1. The molecule has 7 heteroatoms. The third-order valence-corrected chi connectivity index (χ3v) is 5.40. The summed E-state index contributed by atoms with van der Waals surface area (Å²) in [5, 5.41) is 0. The summed E-state index contributed by atoms with van der Waals surface area (Å²) in [6.07, 6.45) is 1.52. The third kappa shape index (κ3) is 6.35. The predicted octanol–water partition coefficient (Wildman–Crippen LogP) is 3.52. The van der Waals surface area contributed by atoms with Crippen molar-refractivity contribution in [3.63, 3.8) is 0 Å². The Morgan fingerprint density at radius 2 is 1.52 bits per heavy atom. The number of hydrogen-bond acceptors (Lipinski definition) is 4. The summed E-state index contributed by atoms with van der Waals surface area (Å²) >= 11 is 0. The van der Waals surface area contributed by atoms with Gasteiger partial charge in [0.15, 0.2) is 0 Å². The summed E-state index contributed by atoms with van der Waals surface area (Å²) in [6, 6.07) is 14.8. The monoisotopic (exact) mass is 353 g/mol. The zero-order chi connectivity index (χ0) is 17.5. The molecule has 0 amide bonds. The van der Waals surface area contributed by atoms with Gasteiger partial charge in [-0.1, -0.05) is 42.0 Å². The van der Waals surface area contributed by atoms with Gasteiger partial charge in [-0.3, -0.25) is 4.55 Å². The van der Waals surface area contributed by atoms with Gasteiger partial charge in [-0.05, 0) is 31.2 Å². The van der Waals surface area contributed by atoms with E-state index in [1.54, 1.807) is 36.4 Å². The SMILES string of the molecule is C=CCS(=N)(=O)c1ccccc1.Cc1ccc(S(=O)(=O)O)cc1. The molecule has 0 bridgehead atoms. The summed E-state index contributed by atoms with van der Waals surface area (Å²) in [7, 11) is -6.65. The average molecular weight is 353 g/mol. The molecule has 2 N–H and O–H groups in total. The number of hydrogen-bond donors (Lipinski definition) is 2. The van der Waals surface area contributed by atoms with Crippen LogP contribution in [-0.2, 0) is 19.8 Å². The molecule has 0 aliphatic heterocycles. The molecule has 2 aromatic carbocycles. The van der Waals surface area contributed by atoms with Gasteiger partial charge in [-0.15, -0.1) is 6.58 Å². The Labute approximate surface area is 137 Å². The van der Waals surface area contributed by atoms with E-state index in [0.29, 0.717) is 4.90 Å². The molecule has 23 heavy (non-hydrogen) atoms. The highest BCUT2D eigenvalue weighted by Crippen LogP contribution is 2.10. The normalized spacial score (nSPS) is 13.3. The molecular weight excluding hydrogens is 334 g/mol. The van der Waals surface area contributed by atoms with Crippen LogP contribution >= 0.6 is 0 Å². The fourth-order valence-corrected chi connectivity index (χ4v) is 3.21. The maximum Gasteiger partial charge on any atom is 0.294 e. The Morgan fingerprint density at radius 3 is 1.96 bits per heavy atom. The van der Waals surface area contributed by atoms with Gasteiger partial charge >= 0.3 is 0 Å². The van der Waals surface area contributed by atoms with Crippen molar-refractivity contribution < 1.29 is 17.2 Å². The van der Waals surface area contributed by atoms with E-state index in [-0.39, 0.29) is 10.6 Å². The largest absolute Gasteiger partial charge is 0.294 e. The van der Waals surface area contributed by atoms with E-state index in [1.165, 1.54) is 18.2 Å². The average Bonchev–Trinajstić information content (AvgIpc) is 2.48. The molecule has 1 atom stereocenters. The molecule has 0 saturated carbocycles. The highest BCUT2D eigenvalue weighted by Gasteiger charge is 2.07. The molecule has 0 radical (unpaired) electrons. The predicted molar refractivity (Wildman–Crippen MR) is 91.6 cm³/mol. The van der Waals surface area contributed by atoms with Crippen LogP contribution in [0, 0.1) is 11.7 Å². The van der Waals surface area contributed by atoms with Crippen molar-refractivity contribution in [3.8, 4) is 0 Å². The van der Waals surface area contributed by atoms with Crippen molar-refractivity contribution in [2.24, 2.45) is 0 Å². The first-order chi connectivity index (χ1) is 10.7. The van der Waals surface area contributed by atoms with Crippen molar-refractivity contribution in [2.45, 2.75) is 16.7 Å². The van der Waals surface area contributed by atoms with Crippen LogP contribution in [0.3, 0.4) is 0 Å². The molecule has 2 rings (SSSR count). The van der Waals surface area contributed by atoms with E-state index < -0.39 is 19.8 Å². The topological polar surface area (TPSA) is 95.3 Å². The van der Waals surface area contributed by atoms with Crippen LogP contribution in [0.25, 0.3) is 0 Å². The van der Waals surface area contributed by atoms with E-state index >= 15 is 0 Å². The fourth-order valence-electron chi connectivity index (χ4n) is 1.61. The molecule has 0 heterocycles. The first kappa shape index (κ1) is 19.1. The first-order valence-electron chi connectivity index (χ1n) is 6.63. The third-order valence-electron chi connectivity index (χ3n) is 2.80. The summed E-state index contributed by atoms with van der Waals surface area (Å²) in [4.78, 5) is 0.507. The maximum atomic E-state index is 11.6. The Morgan fingerprint density at radius 1 is 1.00 bits per heavy atom. The minimum absolute atomic E-state index is 0.0666. The Balaban J connectivity index is 0.000000231. The van der Waals surface area contributed by atoms with E-state index in [9.17, 15) is 12.6 Å². The number of aryl methyl sites for hydroxylation is 1. The second-order valence-electron chi connectivity index (χ2n) is 4.73. The van der Waals surface area contributed by atoms with Crippen LogP contribution in [0.2, 0.25) is 0 Å². The lowest BCUT2D eigenvalue weighted by Gasteiger charge is -2.02. The molecule has 2 aromatic rings. The standard InChI is InChI=1S/C9H11NOS.C7H8O3S/c1-2-8-12(10,11)9-6-4-3-5-7-9;1-6-2-4-7(5-3-6)11(8,9)10/h2-7,10H,1,8H2;2-5H,1H3,(H,8,9,10). The van der Waals surface area contributed by atoms with E-state index in [0.717, 1.165) is 5.56 Å². The highest BCUT2D eigenvalue weighted by atomic mass is 32.2. The quantitative estimate of drug-likeness (QED) is 0.649. The van der Waals surface area contributed by atoms with Gasteiger partial charge in [0.1, 0.15) is 0 Å². The lowest BCUT2D eigenvalue weighted by Crippen LogP contribution is -2.01. The molecule has 5 nitrogen and oxygen atoms in total. The second kappa shape index (κ2) is 8.05. The second-order valence-corrected chi connectivity index (χ2v) is 8.31. The van der Waals surface area contributed by atoms with Crippen LogP contribution in [0.1, 0.15) is 5.56 Å². The lowest BCUT2D eigenvalue weighted by atomic mass is 10.2. The van der Waals surface area contributed by atoms with Crippen LogP contribution < -0.4 is 0 Å². The van der Waals surface area contributed by atoms with Gasteiger partial charge < -0.3 is 0 Å². The van der Waals surface area contributed by atoms with E-state index in [2.05, 4.69) is 6.58 Å². The molecule has 1 unspecified atom stereocenters. The van der Waals surface area contributed by atoms with E-state index in [4.69, 9.17) is 9.33 Å². The van der Waals surface area contributed by atoms with Gasteiger partial charge in [0.25, 0.3) is 10.1 Å². The Bertz CT molecular complexity index is 841. The molecule has 0 aromatic heterocycles. The minimum atomic E-state index is -4.02. The van der Waals surface area contributed by atoms with Crippen LogP contribution in [0.4, 0.5) is 0 Å². The van der Waals surface area contributed by atoms with Crippen molar-refractivity contribution >= 4 is 19.8 Å². The summed E-state index contributed by atoms with van der Waals surface area (Å²) in [6.45, 7) is 5.31. The van der Waals surface area contributed by atoms with Gasteiger partial charge in [-0.25, -0.2) is 8.99 Å². The Hall–Kier alpha value is -1.96. The first-order valence-corrected chi connectivity index (χ1v) is 9.80. The minimum Gasteiger partial charge on any atom is -0.282 e. The molecule has 0 saturated heterocycles. The van der Waals surface area contributed by atoms with Crippen LogP contribution in [0.15, 0.2) is 77.0 Å². The number of rotatable bonds is 4. The molecule has 0 fully saturated rings. The van der Waals surface area contributed by atoms with Gasteiger partial charge in [0, 0.05) is 4.90 Å². The smallest absolute Gasteiger partial charge is 0.282 e. The van der Waals surface area contributed by atoms with Gasteiger partial charge in [0.05, 0.1) is 20.4 Å². The summed E-state index contributed by atoms with van der Waals surface area (Å²) in [5.41, 5.74) is 0.956. The van der Waals surface area contributed by atoms with Crippen molar-refractivity contribution in [2.75, 3.05) is 5.75 Å². The maximum absolute atomic E-state index is 11.6. The fraction of sp³-hybridized carbons (Fsp3) is 0.125. The molecule has 0 spiro atoms. The van der Waals surface area contributed by atoms with Crippen molar-refractivity contribution in [1.82, 2.24) is 0 Å². The number of benzene rings is 2. The van der Waals surface area contributed by atoms with Crippen molar-refractivity contribution in [1.29, 1.82) is 4.78 Å². The summed E-state index contributed by atoms with van der Waals surface area (Å²) < 4.78 is 48.7. The molecular formula is C16H19NO4S2. The van der Waals surface area contributed by atoms with Gasteiger partial charge in [-0.2, -0.15) is 8.42 Å². The van der Waals surface area contributed by atoms with Crippen LogP contribution in [0.5, 0.6) is 0 Å². The van der Waals surface area contributed by atoms with Gasteiger partial charge in [0.2, 0.25) is 0 Å². The molecule has 0 aliphatic rings.